The summed E-state index contributed by atoms with van der Waals surface area (Å²) in [5.74, 6) is 0.134. The molecule has 0 unspecified atom stereocenters. The number of halogens is 1. The van der Waals surface area contributed by atoms with E-state index >= 15 is 0 Å². The molecule has 1 heterocycles. The van der Waals surface area contributed by atoms with Crippen molar-refractivity contribution in [2.24, 2.45) is 5.92 Å². The Morgan fingerprint density at radius 2 is 2.00 bits per heavy atom. The van der Waals surface area contributed by atoms with Crippen LogP contribution < -0.4 is 16.0 Å². The monoisotopic (exact) mass is 477 g/mol. The summed E-state index contributed by atoms with van der Waals surface area (Å²) in [5, 5.41) is 9.85. The standard InChI is InChI=1S/C24H32ClN3O3S/c1-31-13-12-26-23(29)21(14-17-6-3-2-4-7-17)28-24(30)22-11-10-20(32-22)16-27-19-9-5-8-18(25)15-19/h5,8-11,15,17,21,27H,2-4,6-7,12-14,16H2,1H3,(H,26,29)(H,28,30)/t21-/m0/s1. The highest BCUT2D eigenvalue weighted by Gasteiger charge is 2.26. The maximum atomic E-state index is 12.9. The number of thiophene rings is 1. The Balaban J connectivity index is 1.58. The van der Waals surface area contributed by atoms with Gasteiger partial charge in [0.25, 0.3) is 5.91 Å². The van der Waals surface area contributed by atoms with E-state index < -0.39 is 6.04 Å². The molecule has 1 saturated carbocycles. The number of anilines is 1. The number of benzene rings is 1. The lowest BCUT2D eigenvalue weighted by atomic mass is 9.84. The van der Waals surface area contributed by atoms with Crippen LogP contribution in [0.25, 0.3) is 0 Å². The van der Waals surface area contributed by atoms with Crippen molar-refractivity contribution >= 4 is 40.4 Å². The Kier molecular flexibility index (Phi) is 9.84. The lowest BCUT2D eigenvalue weighted by molar-refractivity contribution is -0.123. The summed E-state index contributed by atoms with van der Waals surface area (Å²) < 4.78 is 5.02. The van der Waals surface area contributed by atoms with Gasteiger partial charge in [0.2, 0.25) is 5.91 Å². The Morgan fingerprint density at radius 3 is 2.75 bits per heavy atom. The second-order valence-electron chi connectivity index (χ2n) is 8.18. The first-order valence-corrected chi connectivity index (χ1v) is 12.4. The summed E-state index contributed by atoms with van der Waals surface area (Å²) in [6.45, 7) is 1.48. The van der Waals surface area contributed by atoms with Gasteiger partial charge in [0.05, 0.1) is 11.5 Å². The molecule has 8 heteroatoms. The van der Waals surface area contributed by atoms with Crippen LogP contribution >= 0.6 is 22.9 Å². The van der Waals surface area contributed by atoms with Crippen molar-refractivity contribution in [3.8, 4) is 0 Å². The van der Waals surface area contributed by atoms with Gasteiger partial charge >= 0.3 is 0 Å². The van der Waals surface area contributed by atoms with E-state index in [-0.39, 0.29) is 11.8 Å². The van der Waals surface area contributed by atoms with E-state index in [4.69, 9.17) is 16.3 Å². The topological polar surface area (TPSA) is 79.5 Å². The zero-order chi connectivity index (χ0) is 22.8. The summed E-state index contributed by atoms with van der Waals surface area (Å²) in [5.41, 5.74) is 0.928. The number of nitrogens with one attached hydrogen (secondary N) is 3. The van der Waals surface area contributed by atoms with Crippen LogP contribution in [0.1, 0.15) is 53.1 Å². The molecule has 1 atom stereocenters. The summed E-state index contributed by atoms with van der Waals surface area (Å²) in [6, 6.07) is 10.8. The van der Waals surface area contributed by atoms with E-state index in [1.807, 2.05) is 36.4 Å². The number of carbonyl (C=O) groups excluding carboxylic acids is 2. The third kappa shape index (κ3) is 7.80. The molecule has 0 spiro atoms. The van der Waals surface area contributed by atoms with Gasteiger partial charge in [-0.05, 0) is 42.7 Å². The number of hydrogen-bond acceptors (Lipinski definition) is 5. The summed E-state index contributed by atoms with van der Waals surface area (Å²) in [6.07, 6.45) is 6.58. The van der Waals surface area contributed by atoms with Crippen LogP contribution in [0.5, 0.6) is 0 Å². The Morgan fingerprint density at radius 1 is 1.19 bits per heavy atom. The molecule has 3 N–H and O–H groups in total. The minimum Gasteiger partial charge on any atom is -0.383 e. The fourth-order valence-electron chi connectivity index (χ4n) is 4.00. The third-order valence-corrected chi connectivity index (χ3v) is 7.02. The minimum absolute atomic E-state index is 0.139. The van der Waals surface area contributed by atoms with E-state index in [9.17, 15) is 9.59 Å². The predicted octanol–water partition coefficient (Wildman–Crippen LogP) is 4.85. The zero-order valence-corrected chi connectivity index (χ0v) is 20.1. The highest BCUT2D eigenvalue weighted by atomic mass is 35.5. The molecule has 0 radical (unpaired) electrons. The average molecular weight is 478 g/mol. The lowest BCUT2D eigenvalue weighted by Crippen LogP contribution is -2.48. The van der Waals surface area contributed by atoms with Crippen LogP contribution in [0.15, 0.2) is 36.4 Å². The fourth-order valence-corrected chi connectivity index (χ4v) is 5.04. The normalized spacial score (nSPS) is 15.2. The summed E-state index contributed by atoms with van der Waals surface area (Å²) >= 11 is 7.45. The van der Waals surface area contributed by atoms with E-state index in [0.29, 0.717) is 41.9 Å². The van der Waals surface area contributed by atoms with Crippen molar-refractivity contribution < 1.29 is 14.3 Å². The Labute approximate surface area is 199 Å². The SMILES string of the molecule is COCCNC(=O)[C@H](CC1CCCCC1)NC(=O)c1ccc(CNc2cccc(Cl)c2)s1. The number of ether oxygens (including phenoxy) is 1. The van der Waals surface area contributed by atoms with Crippen molar-refractivity contribution in [1.82, 2.24) is 10.6 Å². The Hall–Kier alpha value is -2.09. The minimum atomic E-state index is -0.530. The van der Waals surface area contributed by atoms with Gasteiger partial charge in [-0.25, -0.2) is 0 Å². The molecule has 6 nitrogen and oxygen atoms in total. The second-order valence-corrected chi connectivity index (χ2v) is 9.78. The van der Waals surface area contributed by atoms with Crippen molar-refractivity contribution in [2.75, 3.05) is 25.6 Å². The molecule has 174 valence electrons. The highest BCUT2D eigenvalue weighted by Crippen LogP contribution is 2.28. The second kappa shape index (κ2) is 12.8. The molecule has 0 aliphatic heterocycles. The van der Waals surface area contributed by atoms with Crippen LogP contribution in [0.2, 0.25) is 5.02 Å². The quantitative estimate of drug-likeness (QED) is 0.404. The van der Waals surface area contributed by atoms with Gasteiger partial charge in [-0.3, -0.25) is 9.59 Å². The third-order valence-electron chi connectivity index (χ3n) is 5.70. The van der Waals surface area contributed by atoms with Gasteiger partial charge in [0.1, 0.15) is 6.04 Å². The summed E-state index contributed by atoms with van der Waals surface area (Å²) in [4.78, 5) is 27.3. The smallest absolute Gasteiger partial charge is 0.262 e. The van der Waals surface area contributed by atoms with Crippen LogP contribution in [0, 0.1) is 5.92 Å². The molecule has 2 amide bonds. The molecular formula is C24H32ClN3O3S. The number of amides is 2. The molecule has 1 aromatic heterocycles. The van der Waals surface area contributed by atoms with Gasteiger partial charge in [-0.1, -0.05) is 49.8 Å². The molecule has 2 aromatic rings. The van der Waals surface area contributed by atoms with Gasteiger partial charge in [-0.15, -0.1) is 11.3 Å². The van der Waals surface area contributed by atoms with Crippen LogP contribution in [-0.2, 0) is 16.1 Å². The van der Waals surface area contributed by atoms with E-state index in [2.05, 4.69) is 16.0 Å². The first kappa shape index (κ1) is 24.6. The maximum absolute atomic E-state index is 12.9. The van der Waals surface area contributed by atoms with E-state index in [0.717, 1.165) is 23.4 Å². The molecule has 1 fully saturated rings. The van der Waals surface area contributed by atoms with E-state index in [1.165, 1.54) is 30.6 Å². The first-order valence-electron chi connectivity index (χ1n) is 11.2. The van der Waals surface area contributed by atoms with Crippen molar-refractivity contribution in [2.45, 2.75) is 51.1 Å². The predicted molar refractivity (Wildman–Crippen MR) is 130 cm³/mol. The number of rotatable bonds is 11. The number of carbonyl (C=O) groups is 2. The van der Waals surface area contributed by atoms with Gasteiger partial charge < -0.3 is 20.7 Å². The number of hydrogen-bond donors (Lipinski definition) is 3. The molecule has 3 rings (SSSR count). The molecule has 0 saturated heterocycles. The van der Waals surface area contributed by atoms with Gasteiger partial charge in [-0.2, -0.15) is 0 Å². The van der Waals surface area contributed by atoms with Gasteiger partial charge in [0, 0.05) is 35.8 Å². The zero-order valence-electron chi connectivity index (χ0n) is 18.5. The van der Waals surface area contributed by atoms with Crippen molar-refractivity contribution in [1.29, 1.82) is 0 Å². The molecule has 0 bridgehead atoms. The van der Waals surface area contributed by atoms with Gasteiger partial charge in [0.15, 0.2) is 0 Å². The first-order chi connectivity index (χ1) is 15.5. The van der Waals surface area contributed by atoms with Crippen LogP contribution in [0.3, 0.4) is 0 Å². The largest absolute Gasteiger partial charge is 0.383 e. The van der Waals surface area contributed by atoms with Crippen LogP contribution in [-0.4, -0.2) is 38.1 Å². The molecule has 1 aliphatic carbocycles. The highest BCUT2D eigenvalue weighted by molar-refractivity contribution is 7.14. The van der Waals surface area contributed by atoms with Crippen molar-refractivity contribution in [3.05, 3.63) is 51.2 Å². The fraction of sp³-hybridized carbons (Fsp3) is 0.500. The molecular weight excluding hydrogens is 446 g/mol. The average Bonchev–Trinajstić information content (AvgIpc) is 3.27. The van der Waals surface area contributed by atoms with Crippen LogP contribution in [0.4, 0.5) is 5.69 Å². The maximum Gasteiger partial charge on any atom is 0.262 e. The molecule has 1 aliphatic rings. The number of methoxy groups -OCH3 is 1. The molecule has 1 aromatic carbocycles. The lowest BCUT2D eigenvalue weighted by Gasteiger charge is -2.26. The summed E-state index contributed by atoms with van der Waals surface area (Å²) in [7, 11) is 1.60. The van der Waals surface area contributed by atoms with Crippen molar-refractivity contribution in [3.63, 3.8) is 0 Å². The molecule has 32 heavy (non-hydrogen) atoms. The Bertz CT molecular complexity index is 883. The van der Waals surface area contributed by atoms with E-state index in [1.54, 1.807) is 7.11 Å².